The van der Waals surface area contributed by atoms with Crippen molar-refractivity contribution in [2.45, 2.75) is 6.92 Å². The molecular weight excluding hydrogens is 366 g/mol. The number of para-hydroxylation sites is 1. The van der Waals surface area contributed by atoms with Crippen LogP contribution < -0.4 is 10.1 Å². The standard InChI is InChI=1S/C23H19N3O3/c1-16-8-5-6-13-20(16)23-25-22(26-29-23)17-9-7-12-19(14-17)28-15-21(27)24-18-10-3-2-4-11-18/h2-14H,15H2,1H3,(H,24,27). The molecule has 1 heterocycles. The molecule has 0 aliphatic carbocycles. The summed E-state index contributed by atoms with van der Waals surface area (Å²) in [5.74, 6) is 1.24. The number of aryl methyl sites for hydroxylation is 1. The molecule has 4 rings (SSSR count). The zero-order valence-corrected chi connectivity index (χ0v) is 15.8. The number of hydrogen-bond donors (Lipinski definition) is 1. The van der Waals surface area contributed by atoms with Crippen molar-refractivity contribution in [1.29, 1.82) is 0 Å². The van der Waals surface area contributed by atoms with E-state index in [4.69, 9.17) is 9.26 Å². The van der Waals surface area contributed by atoms with Crippen LogP contribution in [0.4, 0.5) is 5.69 Å². The highest BCUT2D eigenvalue weighted by Crippen LogP contribution is 2.26. The number of rotatable bonds is 6. The van der Waals surface area contributed by atoms with Gasteiger partial charge >= 0.3 is 0 Å². The van der Waals surface area contributed by atoms with E-state index in [0.29, 0.717) is 17.5 Å². The number of ether oxygens (including phenoxy) is 1. The summed E-state index contributed by atoms with van der Waals surface area (Å²) in [6.07, 6.45) is 0. The highest BCUT2D eigenvalue weighted by atomic mass is 16.5. The van der Waals surface area contributed by atoms with Gasteiger partial charge in [-0.25, -0.2) is 0 Å². The number of amides is 1. The van der Waals surface area contributed by atoms with E-state index in [0.717, 1.165) is 22.4 Å². The van der Waals surface area contributed by atoms with Crippen LogP contribution in [0.1, 0.15) is 5.56 Å². The zero-order chi connectivity index (χ0) is 20.1. The minimum absolute atomic E-state index is 0.0982. The number of carbonyl (C=O) groups is 1. The summed E-state index contributed by atoms with van der Waals surface area (Å²) in [6, 6.07) is 24.3. The van der Waals surface area contributed by atoms with Crippen molar-refractivity contribution in [3.63, 3.8) is 0 Å². The van der Waals surface area contributed by atoms with Gasteiger partial charge in [0.1, 0.15) is 5.75 Å². The maximum absolute atomic E-state index is 12.1. The van der Waals surface area contributed by atoms with Crippen molar-refractivity contribution < 1.29 is 14.1 Å². The van der Waals surface area contributed by atoms with Gasteiger partial charge in [0.25, 0.3) is 11.8 Å². The lowest BCUT2D eigenvalue weighted by atomic mass is 10.1. The Morgan fingerprint density at radius 2 is 1.79 bits per heavy atom. The number of benzene rings is 3. The molecule has 29 heavy (non-hydrogen) atoms. The maximum atomic E-state index is 12.1. The quantitative estimate of drug-likeness (QED) is 0.519. The smallest absolute Gasteiger partial charge is 0.262 e. The zero-order valence-electron chi connectivity index (χ0n) is 15.8. The molecule has 0 aliphatic rings. The molecule has 1 aromatic heterocycles. The third kappa shape index (κ3) is 4.50. The van der Waals surface area contributed by atoms with Crippen LogP contribution in [0, 0.1) is 6.92 Å². The van der Waals surface area contributed by atoms with Gasteiger partial charge in [0.2, 0.25) is 5.82 Å². The first-order chi connectivity index (χ1) is 14.2. The van der Waals surface area contributed by atoms with Crippen LogP contribution in [-0.4, -0.2) is 22.7 Å². The minimum Gasteiger partial charge on any atom is -0.484 e. The average Bonchev–Trinajstić information content (AvgIpc) is 3.24. The SMILES string of the molecule is Cc1ccccc1-c1nc(-c2cccc(OCC(=O)Nc3ccccc3)c2)no1. The highest BCUT2D eigenvalue weighted by Gasteiger charge is 2.13. The van der Waals surface area contributed by atoms with Crippen LogP contribution in [0.2, 0.25) is 0 Å². The Hall–Kier alpha value is -3.93. The molecule has 0 saturated heterocycles. The number of nitrogens with zero attached hydrogens (tertiary/aromatic N) is 2. The second-order valence-corrected chi connectivity index (χ2v) is 6.47. The fraction of sp³-hybridized carbons (Fsp3) is 0.0870. The number of carbonyl (C=O) groups excluding carboxylic acids is 1. The van der Waals surface area contributed by atoms with Crippen LogP contribution in [0.15, 0.2) is 83.4 Å². The van der Waals surface area contributed by atoms with Crippen molar-refractivity contribution in [3.8, 4) is 28.6 Å². The molecule has 0 radical (unpaired) electrons. The van der Waals surface area contributed by atoms with E-state index in [1.807, 2.05) is 73.7 Å². The second-order valence-electron chi connectivity index (χ2n) is 6.47. The summed E-state index contributed by atoms with van der Waals surface area (Å²) in [6.45, 7) is 1.90. The monoisotopic (exact) mass is 385 g/mol. The van der Waals surface area contributed by atoms with Crippen molar-refractivity contribution in [1.82, 2.24) is 10.1 Å². The van der Waals surface area contributed by atoms with E-state index in [-0.39, 0.29) is 12.5 Å². The average molecular weight is 385 g/mol. The molecule has 0 aliphatic heterocycles. The molecule has 144 valence electrons. The number of anilines is 1. The van der Waals surface area contributed by atoms with Gasteiger partial charge < -0.3 is 14.6 Å². The molecule has 6 nitrogen and oxygen atoms in total. The lowest BCUT2D eigenvalue weighted by Gasteiger charge is -2.08. The van der Waals surface area contributed by atoms with Gasteiger partial charge in [0, 0.05) is 16.8 Å². The predicted molar refractivity (Wildman–Crippen MR) is 110 cm³/mol. The van der Waals surface area contributed by atoms with Gasteiger partial charge in [0.05, 0.1) is 0 Å². The van der Waals surface area contributed by atoms with Crippen molar-refractivity contribution in [2.75, 3.05) is 11.9 Å². The van der Waals surface area contributed by atoms with Crippen molar-refractivity contribution >= 4 is 11.6 Å². The number of aromatic nitrogens is 2. The third-order valence-corrected chi connectivity index (χ3v) is 4.32. The lowest BCUT2D eigenvalue weighted by Crippen LogP contribution is -2.20. The summed E-state index contributed by atoms with van der Waals surface area (Å²) in [5, 5.41) is 6.86. The Morgan fingerprint density at radius 3 is 2.62 bits per heavy atom. The fourth-order valence-corrected chi connectivity index (χ4v) is 2.86. The van der Waals surface area contributed by atoms with Gasteiger partial charge in [-0.2, -0.15) is 4.98 Å². The van der Waals surface area contributed by atoms with E-state index in [1.54, 1.807) is 12.1 Å². The van der Waals surface area contributed by atoms with Gasteiger partial charge in [-0.3, -0.25) is 4.79 Å². The molecule has 0 bridgehead atoms. The Labute approximate surface area is 168 Å². The molecule has 0 atom stereocenters. The molecule has 3 aromatic carbocycles. The van der Waals surface area contributed by atoms with E-state index in [1.165, 1.54) is 0 Å². The number of hydrogen-bond acceptors (Lipinski definition) is 5. The normalized spacial score (nSPS) is 10.5. The Morgan fingerprint density at radius 1 is 1.00 bits per heavy atom. The van der Waals surface area contributed by atoms with Crippen LogP contribution >= 0.6 is 0 Å². The summed E-state index contributed by atoms with van der Waals surface area (Å²) >= 11 is 0. The summed E-state index contributed by atoms with van der Waals surface area (Å²) in [4.78, 5) is 16.5. The molecule has 6 heteroatoms. The first kappa shape index (κ1) is 18.4. The molecule has 0 saturated carbocycles. The molecular formula is C23H19N3O3. The molecule has 0 fully saturated rings. The molecule has 0 unspecified atom stereocenters. The minimum atomic E-state index is -0.233. The van der Waals surface area contributed by atoms with Crippen LogP contribution in [0.5, 0.6) is 5.75 Å². The van der Waals surface area contributed by atoms with Gasteiger partial charge in [-0.05, 0) is 42.8 Å². The predicted octanol–water partition coefficient (Wildman–Crippen LogP) is 4.73. The second kappa shape index (κ2) is 8.39. The first-order valence-electron chi connectivity index (χ1n) is 9.17. The van der Waals surface area contributed by atoms with Gasteiger partial charge in [-0.1, -0.05) is 53.7 Å². The van der Waals surface area contributed by atoms with Crippen molar-refractivity contribution in [3.05, 3.63) is 84.4 Å². The molecule has 4 aromatic rings. The van der Waals surface area contributed by atoms with E-state index in [2.05, 4.69) is 15.5 Å². The lowest BCUT2D eigenvalue weighted by molar-refractivity contribution is -0.118. The number of nitrogens with one attached hydrogen (secondary N) is 1. The summed E-state index contributed by atoms with van der Waals surface area (Å²) in [7, 11) is 0. The Kier molecular flexibility index (Phi) is 5.33. The summed E-state index contributed by atoms with van der Waals surface area (Å²) < 4.78 is 11.0. The largest absolute Gasteiger partial charge is 0.484 e. The molecule has 1 amide bonds. The van der Waals surface area contributed by atoms with Gasteiger partial charge in [-0.15, -0.1) is 0 Å². The van der Waals surface area contributed by atoms with Gasteiger partial charge in [0.15, 0.2) is 6.61 Å². The maximum Gasteiger partial charge on any atom is 0.262 e. The van der Waals surface area contributed by atoms with E-state index >= 15 is 0 Å². The summed E-state index contributed by atoms with van der Waals surface area (Å²) in [5.41, 5.74) is 3.43. The fourth-order valence-electron chi connectivity index (χ4n) is 2.86. The third-order valence-electron chi connectivity index (χ3n) is 4.32. The molecule has 1 N–H and O–H groups in total. The van der Waals surface area contributed by atoms with E-state index < -0.39 is 0 Å². The Bertz CT molecular complexity index is 1120. The molecule has 0 spiro atoms. The van der Waals surface area contributed by atoms with Crippen LogP contribution in [-0.2, 0) is 4.79 Å². The first-order valence-corrected chi connectivity index (χ1v) is 9.17. The van der Waals surface area contributed by atoms with Crippen LogP contribution in [0.25, 0.3) is 22.8 Å². The van der Waals surface area contributed by atoms with Crippen LogP contribution in [0.3, 0.4) is 0 Å². The van der Waals surface area contributed by atoms with Crippen molar-refractivity contribution in [2.24, 2.45) is 0 Å². The highest BCUT2D eigenvalue weighted by molar-refractivity contribution is 5.91. The topological polar surface area (TPSA) is 77.2 Å². The van der Waals surface area contributed by atoms with E-state index in [9.17, 15) is 4.79 Å². The Balaban J connectivity index is 1.44.